The number of carboxylic acids is 2. The summed E-state index contributed by atoms with van der Waals surface area (Å²) in [4.78, 5) is 51.6. The van der Waals surface area contributed by atoms with Crippen molar-refractivity contribution in [3.8, 4) is 0 Å². The summed E-state index contributed by atoms with van der Waals surface area (Å²) in [5.41, 5.74) is 0.969. The number of aliphatic hydroxyl groups is 1. The van der Waals surface area contributed by atoms with Crippen LogP contribution in [0.3, 0.4) is 0 Å². The van der Waals surface area contributed by atoms with E-state index in [4.69, 9.17) is 4.74 Å². The van der Waals surface area contributed by atoms with Gasteiger partial charge in [0.2, 0.25) is 0 Å². The molecule has 215 valence electrons. The molecule has 0 aliphatic carbocycles. The molecule has 1 aromatic carbocycles. The van der Waals surface area contributed by atoms with Crippen molar-refractivity contribution in [1.82, 2.24) is 19.6 Å². The fourth-order valence-electron chi connectivity index (χ4n) is 4.07. The van der Waals surface area contributed by atoms with Crippen LogP contribution in [0, 0.1) is 39.9 Å². The van der Waals surface area contributed by atoms with Gasteiger partial charge in [-0.15, -0.1) is 0 Å². The molecule has 1 saturated heterocycles. The monoisotopic (exact) mass is 723 g/mol. The van der Waals surface area contributed by atoms with Gasteiger partial charge in [0.15, 0.2) is 0 Å². The number of rotatable bonds is 12. The van der Waals surface area contributed by atoms with Crippen LogP contribution < -0.4 is 49.6 Å². The molecule has 1 radical (unpaired) electrons. The zero-order valence-corrected chi connectivity index (χ0v) is 27.3. The van der Waals surface area contributed by atoms with Crippen LogP contribution in [0.5, 0.6) is 0 Å². The SMILES string of the molecule is O=C([O-])CN1CCN(CC(O)COCc2ccccc2)CCN(CC(=O)[O-])CCN(CP(=O)([O-])[O-])CC1.[Gd+3].[Na+]. The van der Waals surface area contributed by atoms with Crippen molar-refractivity contribution in [1.29, 1.82) is 0 Å². The molecule has 1 N–H and O–H groups in total. The quantitative estimate of drug-likeness (QED) is 0.159. The largest absolute Gasteiger partial charge is 3.00 e. The summed E-state index contributed by atoms with van der Waals surface area (Å²) in [6, 6.07) is 9.50. The fourth-order valence-corrected chi connectivity index (χ4v) is 4.84. The molecular weight excluding hydrogens is 687 g/mol. The maximum Gasteiger partial charge on any atom is 3.00 e. The van der Waals surface area contributed by atoms with E-state index < -0.39 is 31.9 Å². The normalized spacial score (nSPS) is 18.1. The zero-order chi connectivity index (χ0) is 27.3. The number of nitrogens with zero attached hydrogens (tertiary/aromatic N) is 4. The maximum absolute atomic E-state index is 11.3. The molecule has 1 aromatic rings. The third kappa shape index (κ3) is 19.3. The van der Waals surface area contributed by atoms with E-state index in [2.05, 4.69) is 0 Å². The maximum atomic E-state index is 11.3. The smallest absolute Gasteiger partial charge is 0.810 e. The Morgan fingerprint density at radius 1 is 0.846 bits per heavy atom. The third-order valence-electron chi connectivity index (χ3n) is 5.90. The van der Waals surface area contributed by atoms with Crippen LogP contribution >= 0.6 is 7.60 Å². The van der Waals surface area contributed by atoms with E-state index in [0.29, 0.717) is 19.7 Å². The molecule has 0 aromatic heterocycles. The van der Waals surface area contributed by atoms with E-state index in [0.717, 1.165) is 5.56 Å². The predicted octanol–water partition coefficient (Wildman–Crippen LogP) is -7.84. The second-order valence-electron chi connectivity index (χ2n) is 9.12. The van der Waals surface area contributed by atoms with Crippen molar-refractivity contribution >= 4 is 19.5 Å². The van der Waals surface area contributed by atoms with E-state index in [9.17, 15) is 39.3 Å². The Kier molecular flexibility index (Phi) is 21.4. The minimum Gasteiger partial charge on any atom is -0.810 e. The van der Waals surface area contributed by atoms with Crippen molar-refractivity contribution in [2.24, 2.45) is 0 Å². The number of benzene rings is 1. The second kappa shape index (κ2) is 21.1. The molecular formula is C23H35GdN4NaO9P. The van der Waals surface area contributed by atoms with Gasteiger partial charge in [-0.05, 0) is 5.56 Å². The number of carbonyl (C=O) groups excluding carboxylic acids is 2. The van der Waals surface area contributed by atoms with Crippen molar-refractivity contribution in [2.75, 3.05) is 84.9 Å². The predicted molar refractivity (Wildman–Crippen MR) is 125 cm³/mol. The molecule has 0 saturated carbocycles. The van der Waals surface area contributed by atoms with E-state index in [-0.39, 0.29) is 135 Å². The van der Waals surface area contributed by atoms with Gasteiger partial charge in [0.05, 0.1) is 31.3 Å². The molecule has 0 amide bonds. The van der Waals surface area contributed by atoms with E-state index in [1.165, 1.54) is 4.90 Å². The molecule has 0 bridgehead atoms. The number of aliphatic hydroxyl groups excluding tert-OH is 1. The molecule has 1 fully saturated rings. The molecule has 1 unspecified atom stereocenters. The summed E-state index contributed by atoms with van der Waals surface area (Å²) < 4.78 is 17.0. The first kappa shape index (κ1) is 39.4. The van der Waals surface area contributed by atoms with Gasteiger partial charge in [-0.2, -0.15) is 0 Å². The van der Waals surface area contributed by atoms with Crippen LogP contribution in [0.15, 0.2) is 30.3 Å². The Morgan fingerprint density at radius 3 is 1.72 bits per heavy atom. The Bertz CT molecular complexity index is 854. The van der Waals surface area contributed by atoms with Crippen molar-refractivity contribution in [2.45, 2.75) is 12.7 Å². The number of aliphatic carboxylic acids is 2. The van der Waals surface area contributed by atoms with Crippen LogP contribution in [-0.2, 0) is 25.5 Å². The van der Waals surface area contributed by atoms with Gasteiger partial charge in [-0.1, -0.05) is 37.9 Å². The average molecular weight is 723 g/mol. The second-order valence-corrected chi connectivity index (χ2v) is 10.6. The first-order valence-corrected chi connectivity index (χ1v) is 13.8. The summed E-state index contributed by atoms with van der Waals surface area (Å²) in [5.74, 6) is -2.59. The van der Waals surface area contributed by atoms with Gasteiger partial charge in [0.1, 0.15) is 0 Å². The standard InChI is InChI=1S/C23H39N4O9P.Gd.Na/c28-21(18-36-17-20-4-2-1-3-5-20)14-24-6-8-25(15-22(29)30)10-12-27(19-37(33,34)35)13-11-26(9-7-24)16-23(31)32;;/h1-5,21,28H,6-19H2,(H,29,30)(H,31,32)(H2,33,34,35);;/q;+3;+1/p-4. The summed E-state index contributed by atoms with van der Waals surface area (Å²) in [7, 11) is -4.88. The van der Waals surface area contributed by atoms with Crippen LogP contribution in [0.25, 0.3) is 0 Å². The molecule has 16 heteroatoms. The van der Waals surface area contributed by atoms with Crippen LogP contribution in [-0.4, -0.2) is 128 Å². The molecule has 1 aliphatic rings. The summed E-state index contributed by atoms with van der Waals surface area (Å²) >= 11 is 0. The minimum absolute atomic E-state index is 0. The summed E-state index contributed by atoms with van der Waals surface area (Å²) in [5, 5.41) is 33.0. The van der Waals surface area contributed by atoms with Crippen molar-refractivity contribution in [3.05, 3.63) is 35.9 Å². The first-order valence-electron chi connectivity index (χ1n) is 12.1. The third-order valence-corrected chi connectivity index (χ3v) is 6.65. The van der Waals surface area contributed by atoms with Crippen LogP contribution in [0.1, 0.15) is 5.56 Å². The molecule has 39 heavy (non-hydrogen) atoms. The van der Waals surface area contributed by atoms with Gasteiger partial charge < -0.3 is 44.0 Å². The fraction of sp³-hybridized carbons (Fsp3) is 0.652. The van der Waals surface area contributed by atoms with Gasteiger partial charge in [0, 0.05) is 78.3 Å². The summed E-state index contributed by atoms with van der Waals surface area (Å²) in [6.45, 7) is 1.62. The topological polar surface area (TPSA) is 186 Å². The van der Waals surface area contributed by atoms with Gasteiger partial charge in [-0.3, -0.25) is 19.6 Å². The number of carboxylic acid groups (broad SMARTS) is 2. The van der Waals surface area contributed by atoms with Crippen molar-refractivity contribution in [3.63, 3.8) is 0 Å². The van der Waals surface area contributed by atoms with E-state index >= 15 is 0 Å². The molecule has 0 spiro atoms. The molecule has 1 atom stereocenters. The number of β-amino-alcohol motifs (C(OH)–C–C–N with tert-alkyl or cyclic N) is 1. The van der Waals surface area contributed by atoms with E-state index in [1.807, 2.05) is 35.2 Å². The molecule has 13 nitrogen and oxygen atoms in total. The number of hydrogen-bond donors (Lipinski definition) is 1. The number of ether oxygens (including phenoxy) is 1. The van der Waals surface area contributed by atoms with Crippen molar-refractivity contribution < 1.29 is 113 Å². The number of hydrogen-bond acceptors (Lipinski definition) is 13. The van der Waals surface area contributed by atoms with E-state index in [1.54, 1.807) is 9.80 Å². The molecule has 1 heterocycles. The Hall–Kier alpha value is 0.395. The van der Waals surface area contributed by atoms with Gasteiger partial charge in [0.25, 0.3) is 0 Å². The van der Waals surface area contributed by atoms with Crippen LogP contribution in [0.2, 0.25) is 0 Å². The average Bonchev–Trinajstić information content (AvgIpc) is 2.80. The summed E-state index contributed by atoms with van der Waals surface area (Å²) in [6.07, 6.45) is -1.58. The first-order chi connectivity index (χ1) is 17.5. The Labute approximate surface area is 283 Å². The van der Waals surface area contributed by atoms with Crippen LogP contribution in [0.4, 0.5) is 0 Å². The van der Waals surface area contributed by atoms with Gasteiger partial charge in [-0.25, -0.2) is 0 Å². The number of carbonyl (C=O) groups is 2. The molecule has 1 aliphatic heterocycles. The minimum atomic E-state index is -4.88. The zero-order valence-electron chi connectivity index (χ0n) is 22.2. The molecule has 2 rings (SSSR count). The van der Waals surface area contributed by atoms with Gasteiger partial charge >= 0.3 is 69.5 Å². The Morgan fingerprint density at radius 2 is 1.28 bits per heavy atom. The Balaban J connectivity index is 0.00000722.